The van der Waals surface area contributed by atoms with Crippen LogP contribution in [0.1, 0.15) is 48.0 Å². The number of nitrogens with two attached hydrogens (primary N) is 1. The van der Waals surface area contributed by atoms with Crippen molar-refractivity contribution < 1.29 is 24.2 Å². The fourth-order valence-corrected chi connectivity index (χ4v) is 1.41. The third kappa shape index (κ3) is 10.1. The van der Waals surface area contributed by atoms with Crippen molar-refractivity contribution in [1.29, 1.82) is 0 Å². The number of amides is 1. The number of nitrogens with one attached hydrogen (secondary N) is 1. The van der Waals surface area contributed by atoms with E-state index in [1.165, 1.54) is 0 Å². The van der Waals surface area contributed by atoms with E-state index < -0.39 is 35.4 Å². The van der Waals surface area contributed by atoms with Crippen LogP contribution >= 0.6 is 0 Å². The number of alkyl carbamates (subject to hydrolysis) is 1. The van der Waals surface area contributed by atoms with Crippen molar-refractivity contribution >= 4 is 12.1 Å². The molecule has 0 fully saturated rings. The lowest BCUT2D eigenvalue weighted by Gasteiger charge is -2.27. The lowest BCUT2D eigenvalue weighted by Crippen LogP contribution is -2.48. The Labute approximate surface area is 126 Å². The molecule has 0 aromatic heterocycles. The Morgan fingerprint density at radius 1 is 1.10 bits per heavy atom. The maximum atomic E-state index is 12.1. The highest BCUT2D eigenvalue weighted by Crippen LogP contribution is 2.12. The Bertz CT molecular complexity index is 357. The second kappa shape index (κ2) is 7.61. The molecule has 21 heavy (non-hydrogen) atoms. The number of hydrogen-bond donors (Lipinski definition) is 3. The molecule has 124 valence electrons. The van der Waals surface area contributed by atoms with Crippen LogP contribution in [-0.4, -0.2) is 47.1 Å². The summed E-state index contributed by atoms with van der Waals surface area (Å²) in [6.07, 6.45) is -1.70. The summed E-state index contributed by atoms with van der Waals surface area (Å²) in [6, 6.07) is -1.02. The van der Waals surface area contributed by atoms with E-state index in [-0.39, 0.29) is 13.0 Å². The lowest BCUT2D eigenvalue weighted by molar-refractivity contribution is -0.158. The van der Waals surface area contributed by atoms with Crippen molar-refractivity contribution in [2.24, 2.45) is 5.73 Å². The molecule has 0 aliphatic heterocycles. The number of esters is 1. The van der Waals surface area contributed by atoms with Gasteiger partial charge in [-0.15, -0.1) is 0 Å². The standard InChI is InChI=1S/C14H28N2O5/c1-13(2,3)20-11(18)10(7-9(17)8-15)16-12(19)21-14(4,5)6/h9-10,17H,7-8,15H2,1-6H3,(H,16,19). The van der Waals surface area contributed by atoms with Gasteiger partial charge < -0.3 is 25.6 Å². The Balaban J connectivity index is 4.82. The Morgan fingerprint density at radius 3 is 1.95 bits per heavy atom. The van der Waals surface area contributed by atoms with Crippen LogP contribution in [0.2, 0.25) is 0 Å². The van der Waals surface area contributed by atoms with Gasteiger partial charge in [-0.3, -0.25) is 0 Å². The first-order chi connectivity index (χ1) is 9.34. The molecule has 0 aliphatic rings. The Hall–Kier alpha value is -1.34. The van der Waals surface area contributed by atoms with Crippen LogP contribution in [-0.2, 0) is 14.3 Å². The van der Waals surface area contributed by atoms with Crippen LogP contribution in [0.4, 0.5) is 4.79 Å². The monoisotopic (exact) mass is 304 g/mol. The van der Waals surface area contributed by atoms with Crippen LogP contribution < -0.4 is 11.1 Å². The molecule has 7 heteroatoms. The number of aliphatic hydroxyl groups is 1. The van der Waals surface area contributed by atoms with Gasteiger partial charge in [0.2, 0.25) is 0 Å². The Morgan fingerprint density at radius 2 is 1.57 bits per heavy atom. The largest absolute Gasteiger partial charge is 0.458 e. The molecule has 0 heterocycles. The third-order valence-electron chi connectivity index (χ3n) is 2.16. The SMILES string of the molecule is CC(C)(C)OC(=O)NC(CC(O)CN)C(=O)OC(C)(C)C. The average molecular weight is 304 g/mol. The molecule has 1 amide bonds. The fraction of sp³-hybridized carbons (Fsp3) is 0.857. The van der Waals surface area contributed by atoms with Crippen LogP contribution in [0, 0.1) is 0 Å². The maximum Gasteiger partial charge on any atom is 0.408 e. The summed E-state index contributed by atoms with van der Waals surface area (Å²) >= 11 is 0. The van der Waals surface area contributed by atoms with E-state index in [1.807, 2.05) is 0 Å². The predicted octanol–water partition coefficient (Wildman–Crippen LogP) is 0.931. The van der Waals surface area contributed by atoms with E-state index in [2.05, 4.69) is 5.32 Å². The zero-order chi connectivity index (χ0) is 16.8. The van der Waals surface area contributed by atoms with Gasteiger partial charge in [0, 0.05) is 13.0 Å². The van der Waals surface area contributed by atoms with Gasteiger partial charge in [-0.05, 0) is 41.5 Å². The van der Waals surface area contributed by atoms with E-state index in [0.29, 0.717) is 0 Å². The van der Waals surface area contributed by atoms with Crippen molar-refractivity contribution in [1.82, 2.24) is 5.32 Å². The number of carbonyl (C=O) groups excluding carboxylic acids is 2. The van der Waals surface area contributed by atoms with Gasteiger partial charge in [0.1, 0.15) is 17.2 Å². The first kappa shape index (κ1) is 19.7. The zero-order valence-corrected chi connectivity index (χ0v) is 13.7. The summed E-state index contributed by atoms with van der Waals surface area (Å²) in [5, 5.41) is 12.0. The minimum absolute atomic E-state index is 0.0186. The number of ether oxygens (including phenoxy) is 2. The summed E-state index contributed by atoms with van der Waals surface area (Å²) in [7, 11) is 0. The lowest BCUT2D eigenvalue weighted by atomic mass is 10.1. The van der Waals surface area contributed by atoms with Gasteiger partial charge in [-0.2, -0.15) is 0 Å². The van der Waals surface area contributed by atoms with Crippen molar-refractivity contribution in [3.05, 3.63) is 0 Å². The first-order valence-electron chi connectivity index (χ1n) is 6.94. The van der Waals surface area contributed by atoms with Crippen LogP contribution in [0.25, 0.3) is 0 Å². The highest BCUT2D eigenvalue weighted by molar-refractivity contribution is 5.81. The molecule has 0 spiro atoms. The summed E-state index contributed by atoms with van der Waals surface area (Å²) < 4.78 is 10.3. The normalized spacial score (nSPS) is 15.0. The summed E-state index contributed by atoms with van der Waals surface area (Å²) in [4.78, 5) is 23.8. The Kier molecular flexibility index (Phi) is 7.12. The summed E-state index contributed by atoms with van der Waals surface area (Å²) in [5.74, 6) is -0.638. The highest BCUT2D eigenvalue weighted by Gasteiger charge is 2.30. The molecule has 2 unspecified atom stereocenters. The van der Waals surface area contributed by atoms with Gasteiger partial charge in [0.25, 0.3) is 0 Å². The fourth-order valence-electron chi connectivity index (χ4n) is 1.41. The van der Waals surface area contributed by atoms with E-state index in [9.17, 15) is 14.7 Å². The molecule has 0 aliphatic carbocycles. The molecule has 0 saturated heterocycles. The van der Waals surface area contributed by atoms with Gasteiger partial charge in [0.15, 0.2) is 0 Å². The molecule has 0 saturated carbocycles. The molecule has 7 nitrogen and oxygen atoms in total. The molecule has 0 radical (unpaired) electrons. The number of carbonyl (C=O) groups is 2. The van der Waals surface area contributed by atoms with E-state index in [1.54, 1.807) is 41.5 Å². The van der Waals surface area contributed by atoms with E-state index in [4.69, 9.17) is 15.2 Å². The number of aliphatic hydroxyl groups excluding tert-OH is 1. The minimum Gasteiger partial charge on any atom is -0.458 e. The second-order valence-corrected chi connectivity index (χ2v) is 6.86. The van der Waals surface area contributed by atoms with Crippen LogP contribution in [0.3, 0.4) is 0 Å². The predicted molar refractivity (Wildman–Crippen MR) is 78.7 cm³/mol. The van der Waals surface area contributed by atoms with Crippen molar-refractivity contribution in [2.45, 2.75) is 71.3 Å². The van der Waals surface area contributed by atoms with Gasteiger partial charge >= 0.3 is 12.1 Å². The van der Waals surface area contributed by atoms with E-state index in [0.717, 1.165) is 0 Å². The van der Waals surface area contributed by atoms with Gasteiger partial charge in [0.05, 0.1) is 6.10 Å². The highest BCUT2D eigenvalue weighted by atomic mass is 16.6. The molecule has 2 atom stereocenters. The van der Waals surface area contributed by atoms with Gasteiger partial charge in [-0.1, -0.05) is 0 Å². The van der Waals surface area contributed by atoms with Crippen LogP contribution in [0.5, 0.6) is 0 Å². The maximum absolute atomic E-state index is 12.1. The van der Waals surface area contributed by atoms with E-state index >= 15 is 0 Å². The first-order valence-corrected chi connectivity index (χ1v) is 6.94. The zero-order valence-electron chi connectivity index (χ0n) is 13.7. The smallest absolute Gasteiger partial charge is 0.408 e. The number of hydrogen-bond acceptors (Lipinski definition) is 6. The molecular formula is C14H28N2O5. The quantitative estimate of drug-likeness (QED) is 0.652. The topological polar surface area (TPSA) is 111 Å². The van der Waals surface area contributed by atoms with Crippen molar-refractivity contribution in [3.63, 3.8) is 0 Å². The summed E-state index contributed by atoms with van der Waals surface area (Å²) in [6.45, 7) is 10.3. The van der Waals surface area contributed by atoms with Crippen molar-refractivity contribution in [2.75, 3.05) is 6.54 Å². The molecule has 0 aromatic carbocycles. The molecular weight excluding hydrogens is 276 g/mol. The summed E-state index contributed by atoms with van der Waals surface area (Å²) in [5.41, 5.74) is 3.95. The van der Waals surface area contributed by atoms with Crippen LogP contribution in [0.15, 0.2) is 0 Å². The molecule has 0 bridgehead atoms. The minimum atomic E-state index is -1.02. The third-order valence-corrected chi connectivity index (χ3v) is 2.16. The molecule has 0 aromatic rings. The van der Waals surface area contributed by atoms with Gasteiger partial charge in [-0.25, -0.2) is 9.59 Å². The molecule has 4 N–H and O–H groups in total. The van der Waals surface area contributed by atoms with Crippen molar-refractivity contribution in [3.8, 4) is 0 Å². The number of rotatable bonds is 5. The average Bonchev–Trinajstić information content (AvgIpc) is 2.22. The second-order valence-electron chi connectivity index (χ2n) is 6.86. The molecule has 0 rings (SSSR count).